The third kappa shape index (κ3) is 3.60. The molecule has 0 saturated heterocycles. The van der Waals surface area contributed by atoms with Crippen molar-refractivity contribution in [2.75, 3.05) is 11.9 Å². The molecule has 3 aromatic rings. The molecule has 1 aliphatic rings. The van der Waals surface area contributed by atoms with Crippen LogP contribution < -0.4 is 5.32 Å². The van der Waals surface area contributed by atoms with Crippen LogP contribution in [0.3, 0.4) is 0 Å². The minimum Gasteiger partial charge on any atom is -0.348 e. The summed E-state index contributed by atoms with van der Waals surface area (Å²) in [7, 11) is 1.94. The Bertz CT molecular complexity index is 965. The highest BCUT2D eigenvalue weighted by Crippen LogP contribution is 2.24. The van der Waals surface area contributed by atoms with Gasteiger partial charge < -0.3 is 10.2 Å². The van der Waals surface area contributed by atoms with E-state index >= 15 is 0 Å². The molecule has 0 radical (unpaired) electrons. The van der Waals surface area contributed by atoms with E-state index in [4.69, 9.17) is 0 Å². The smallest absolute Gasteiger partial charge is 0.254 e. The SMILES string of the molecule is CCc1ccc(C(=O)N2CCc3c(CNc4ncccn4)nn(C)c3C2)cc1. The van der Waals surface area contributed by atoms with E-state index in [0.717, 1.165) is 29.8 Å². The van der Waals surface area contributed by atoms with Gasteiger partial charge >= 0.3 is 0 Å². The number of fused-ring (bicyclic) bond motifs is 1. The Morgan fingerprint density at radius 3 is 2.64 bits per heavy atom. The molecule has 2 aromatic heterocycles. The van der Waals surface area contributed by atoms with Gasteiger partial charge in [0.05, 0.1) is 24.5 Å². The number of nitrogens with one attached hydrogen (secondary N) is 1. The van der Waals surface area contributed by atoms with Crippen molar-refractivity contribution >= 4 is 11.9 Å². The molecule has 0 fully saturated rings. The molecule has 1 aliphatic heterocycles. The van der Waals surface area contributed by atoms with Crippen LogP contribution in [0.2, 0.25) is 0 Å². The average molecular weight is 376 g/mol. The molecule has 7 nitrogen and oxygen atoms in total. The number of amides is 1. The van der Waals surface area contributed by atoms with E-state index < -0.39 is 0 Å². The minimum absolute atomic E-state index is 0.0758. The Balaban J connectivity index is 1.47. The fourth-order valence-electron chi connectivity index (χ4n) is 3.59. The summed E-state index contributed by atoms with van der Waals surface area (Å²) in [5, 5.41) is 7.87. The van der Waals surface area contributed by atoms with Crippen LogP contribution in [0.5, 0.6) is 0 Å². The zero-order chi connectivity index (χ0) is 19.5. The maximum absolute atomic E-state index is 12.9. The number of anilines is 1. The van der Waals surface area contributed by atoms with Gasteiger partial charge in [-0.25, -0.2) is 9.97 Å². The third-order valence-corrected chi connectivity index (χ3v) is 5.21. The maximum atomic E-state index is 12.9. The second-order valence-electron chi connectivity index (χ2n) is 6.95. The third-order valence-electron chi connectivity index (χ3n) is 5.21. The standard InChI is InChI=1S/C21H24N6O/c1-3-15-5-7-16(8-6-15)20(28)27-12-9-17-18(25-26(2)19(17)14-27)13-24-21-22-10-4-11-23-21/h4-8,10-11H,3,9,12-14H2,1-2H3,(H,22,23,24). The molecule has 1 aromatic carbocycles. The zero-order valence-electron chi connectivity index (χ0n) is 16.2. The summed E-state index contributed by atoms with van der Waals surface area (Å²) in [6, 6.07) is 9.70. The normalized spacial score (nSPS) is 13.3. The number of benzene rings is 1. The first-order valence-electron chi connectivity index (χ1n) is 9.58. The molecule has 1 amide bonds. The Morgan fingerprint density at radius 2 is 1.93 bits per heavy atom. The number of hydrogen-bond acceptors (Lipinski definition) is 5. The molecule has 28 heavy (non-hydrogen) atoms. The zero-order valence-corrected chi connectivity index (χ0v) is 16.2. The lowest BCUT2D eigenvalue weighted by Gasteiger charge is -2.28. The van der Waals surface area contributed by atoms with Gasteiger partial charge in [0.15, 0.2) is 0 Å². The van der Waals surface area contributed by atoms with Crippen molar-refractivity contribution < 1.29 is 4.79 Å². The molecular weight excluding hydrogens is 352 g/mol. The summed E-state index contributed by atoms with van der Waals surface area (Å²) in [6.07, 6.45) is 5.19. The van der Waals surface area contributed by atoms with E-state index in [1.807, 2.05) is 40.9 Å². The lowest BCUT2D eigenvalue weighted by Crippen LogP contribution is -2.36. The van der Waals surface area contributed by atoms with E-state index in [0.29, 0.717) is 25.6 Å². The van der Waals surface area contributed by atoms with Crippen LogP contribution in [-0.4, -0.2) is 37.1 Å². The largest absolute Gasteiger partial charge is 0.348 e. The van der Waals surface area contributed by atoms with Gasteiger partial charge in [0.1, 0.15) is 0 Å². The monoisotopic (exact) mass is 376 g/mol. The van der Waals surface area contributed by atoms with E-state index in [1.165, 1.54) is 11.1 Å². The van der Waals surface area contributed by atoms with E-state index in [1.54, 1.807) is 18.5 Å². The highest BCUT2D eigenvalue weighted by atomic mass is 16.2. The number of carbonyl (C=O) groups is 1. The molecule has 7 heteroatoms. The van der Waals surface area contributed by atoms with Gasteiger partial charge in [-0.05, 0) is 36.6 Å². The van der Waals surface area contributed by atoms with Gasteiger partial charge in [0.25, 0.3) is 5.91 Å². The van der Waals surface area contributed by atoms with Crippen molar-refractivity contribution in [3.63, 3.8) is 0 Å². The van der Waals surface area contributed by atoms with Crippen LogP contribution in [0, 0.1) is 0 Å². The van der Waals surface area contributed by atoms with Gasteiger partial charge in [0.2, 0.25) is 5.95 Å². The molecular formula is C21H24N6O. The average Bonchev–Trinajstić information content (AvgIpc) is 3.07. The Morgan fingerprint density at radius 1 is 1.18 bits per heavy atom. The summed E-state index contributed by atoms with van der Waals surface area (Å²) in [4.78, 5) is 23.2. The van der Waals surface area contributed by atoms with Crippen LogP contribution in [0.4, 0.5) is 5.95 Å². The first-order valence-corrected chi connectivity index (χ1v) is 9.58. The first-order chi connectivity index (χ1) is 13.7. The second-order valence-corrected chi connectivity index (χ2v) is 6.95. The molecule has 0 atom stereocenters. The van der Waals surface area contributed by atoms with Crippen LogP contribution >= 0.6 is 0 Å². The number of aromatic nitrogens is 4. The molecule has 0 aliphatic carbocycles. The summed E-state index contributed by atoms with van der Waals surface area (Å²) >= 11 is 0. The molecule has 0 spiro atoms. The van der Waals surface area contributed by atoms with Crippen molar-refractivity contribution in [2.45, 2.75) is 32.9 Å². The fourth-order valence-corrected chi connectivity index (χ4v) is 3.59. The molecule has 0 saturated carbocycles. The number of aryl methyl sites for hydroxylation is 2. The van der Waals surface area contributed by atoms with Crippen molar-refractivity contribution in [2.24, 2.45) is 7.05 Å². The topological polar surface area (TPSA) is 75.9 Å². The predicted octanol–water partition coefficient (Wildman–Crippen LogP) is 2.58. The van der Waals surface area contributed by atoms with Crippen molar-refractivity contribution in [3.8, 4) is 0 Å². The molecule has 1 N–H and O–H groups in total. The van der Waals surface area contributed by atoms with Gasteiger partial charge in [-0.15, -0.1) is 0 Å². The highest BCUT2D eigenvalue weighted by Gasteiger charge is 2.27. The molecule has 4 rings (SSSR count). The summed E-state index contributed by atoms with van der Waals surface area (Å²) in [6.45, 7) is 3.96. The highest BCUT2D eigenvalue weighted by molar-refractivity contribution is 5.94. The Labute approximate surface area is 164 Å². The Kier molecular flexibility index (Phi) is 5.06. The summed E-state index contributed by atoms with van der Waals surface area (Å²) in [5.41, 5.74) is 5.28. The summed E-state index contributed by atoms with van der Waals surface area (Å²) in [5.74, 6) is 0.664. The molecule has 3 heterocycles. The number of hydrogen-bond donors (Lipinski definition) is 1. The molecule has 0 bridgehead atoms. The van der Waals surface area contributed by atoms with Crippen LogP contribution in [-0.2, 0) is 33.0 Å². The molecule has 144 valence electrons. The lowest BCUT2D eigenvalue weighted by molar-refractivity contribution is 0.0730. The lowest BCUT2D eigenvalue weighted by atomic mass is 10.0. The minimum atomic E-state index is 0.0758. The quantitative estimate of drug-likeness (QED) is 0.741. The van der Waals surface area contributed by atoms with Gasteiger partial charge in [-0.2, -0.15) is 5.10 Å². The van der Waals surface area contributed by atoms with Crippen molar-refractivity contribution in [1.29, 1.82) is 0 Å². The second kappa shape index (κ2) is 7.80. The predicted molar refractivity (Wildman–Crippen MR) is 107 cm³/mol. The number of nitrogens with zero attached hydrogens (tertiary/aromatic N) is 5. The molecule has 0 unspecified atom stereocenters. The van der Waals surface area contributed by atoms with Gasteiger partial charge in [-0.3, -0.25) is 9.48 Å². The van der Waals surface area contributed by atoms with E-state index in [2.05, 4.69) is 27.3 Å². The van der Waals surface area contributed by atoms with Gasteiger partial charge in [0, 0.05) is 37.1 Å². The van der Waals surface area contributed by atoms with Crippen LogP contribution in [0.15, 0.2) is 42.7 Å². The van der Waals surface area contributed by atoms with E-state index in [9.17, 15) is 4.79 Å². The number of rotatable bonds is 5. The van der Waals surface area contributed by atoms with Gasteiger partial charge in [-0.1, -0.05) is 19.1 Å². The van der Waals surface area contributed by atoms with Crippen molar-refractivity contribution in [1.82, 2.24) is 24.6 Å². The Hall–Kier alpha value is -3.22. The van der Waals surface area contributed by atoms with E-state index in [-0.39, 0.29) is 5.91 Å². The maximum Gasteiger partial charge on any atom is 0.254 e. The van der Waals surface area contributed by atoms with Crippen molar-refractivity contribution in [3.05, 3.63) is 70.8 Å². The number of carbonyl (C=O) groups excluding carboxylic acids is 1. The van der Waals surface area contributed by atoms with Crippen LogP contribution in [0.25, 0.3) is 0 Å². The first kappa shape index (κ1) is 18.2. The van der Waals surface area contributed by atoms with Crippen LogP contribution in [0.1, 0.15) is 39.8 Å². The summed E-state index contributed by atoms with van der Waals surface area (Å²) < 4.78 is 1.89. The fraction of sp³-hybridized carbons (Fsp3) is 0.333.